The van der Waals surface area contributed by atoms with Crippen molar-refractivity contribution in [2.75, 3.05) is 24.4 Å². The summed E-state index contributed by atoms with van der Waals surface area (Å²) in [6.45, 7) is 1.67. The first-order valence-electron chi connectivity index (χ1n) is 5.59. The van der Waals surface area contributed by atoms with Crippen LogP contribution in [0.4, 0.5) is 5.69 Å². The van der Waals surface area contributed by atoms with Gasteiger partial charge in [0.25, 0.3) is 5.91 Å². The number of sulfone groups is 1. The lowest BCUT2D eigenvalue weighted by molar-refractivity contribution is 0.0944. The number of amides is 1. The van der Waals surface area contributed by atoms with E-state index in [9.17, 15) is 13.2 Å². The van der Waals surface area contributed by atoms with Crippen molar-refractivity contribution >= 4 is 21.4 Å². The number of carbonyl (C=O) groups is 1. The maximum absolute atomic E-state index is 12.0. The highest BCUT2D eigenvalue weighted by Gasteiger charge is 2.15. The van der Waals surface area contributed by atoms with E-state index in [1.165, 1.54) is 0 Å². The lowest BCUT2D eigenvalue weighted by Gasteiger charge is -2.14. The minimum atomic E-state index is -3.10. The summed E-state index contributed by atoms with van der Waals surface area (Å²) in [5.41, 5.74) is 1.21. The second-order valence-corrected chi connectivity index (χ2v) is 6.45. The van der Waals surface area contributed by atoms with Crippen LogP contribution in [0.5, 0.6) is 0 Å². The first-order chi connectivity index (χ1) is 8.33. The van der Waals surface area contributed by atoms with Crippen molar-refractivity contribution in [3.05, 3.63) is 29.8 Å². The van der Waals surface area contributed by atoms with Gasteiger partial charge in [-0.3, -0.25) is 4.79 Å². The first kappa shape index (κ1) is 14.5. The van der Waals surface area contributed by atoms with Gasteiger partial charge in [0.1, 0.15) is 9.84 Å². The molecule has 1 atom stereocenters. The Morgan fingerprint density at radius 3 is 2.50 bits per heavy atom. The molecule has 0 aliphatic rings. The second kappa shape index (κ2) is 5.86. The van der Waals surface area contributed by atoms with E-state index < -0.39 is 15.9 Å². The number of carbonyl (C=O) groups excluding carboxylic acids is 1. The summed E-state index contributed by atoms with van der Waals surface area (Å²) in [6.07, 6.45) is 1.15. The molecule has 0 aromatic heterocycles. The summed E-state index contributed by atoms with van der Waals surface area (Å²) in [4.78, 5) is 12.0. The van der Waals surface area contributed by atoms with E-state index >= 15 is 0 Å². The Labute approximate surface area is 108 Å². The molecule has 0 heterocycles. The van der Waals surface area contributed by atoms with Crippen LogP contribution in [0.3, 0.4) is 0 Å². The zero-order chi connectivity index (χ0) is 13.8. The Hall–Kier alpha value is -1.56. The molecular formula is C12H18N2O3S. The minimum absolute atomic E-state index is 0.0690. The van der Waals surface area contributed by atoms with Crippen molar-refractivity contribution in [2.24, 2.45) is 0 Å². The number of para-hydroxylation sites is 1. The topological polar surface area (TPSA) is 75.3 Å². The fourth-order valence-electron chi connectivity index (χ4n) is 1.70. The van der Waals surface area contributed by atoms with Crippen LogP contribution < -0.4 is 10.6 Å². The highest BCUT2D eigenvalue weighted by atomic mass is 32.2. The van der Waals surface area contributed by atoms with Crippen LogP contribution in [0.15, 0.2) is 24.3 Å². The molecule has 1 aromatic rings. The predicted octanol–water partition coefficient (Wildman–Crippen LogP) is 0.891. The van der Waals surface area contributed by atoms with Crippen LogP contribution in [0, 0.1) is 0 Å². The van der Waals surface area contributed by atoms with Gasteiger partial charge in [-0.15, -0.1) is 0 Å². The number of anilines is 1. The zero-order valence-electron chi connectivity index (χ0n) is 10.7. The third-order valence-electron chi connectivity index (χ3n) is 2.37. The molecule has 0 aliphatic heterocycles. The molecule has 0 aliphatic carbocycles. The molecule has 0 saturated heterocycles. The standard InChI is InChI=1S/C12H18N2O3S/c1-9(8-18(3,16)17)14-12(15)10-6-4-5-7-11(10)13-2/h4-7,9,13H,8H2,1-3H3,(H,14,15). The van der Waals surface area contributed by atoms with Crippen LogP contribution in [0.2, 0.25) is 0 Å². The van der Waals surface area contributed by atoms with E-state index in [2.05, 4.69) is 10.6 Å². The third-order valence-corrected chi connectivity index (χ3v) is 3.48. The lowest BCUT2D eigenvalue weighted by atomic mass is 10.1. The Balaban J connectivity index is 2.77. The molecule has 1 rings (SSSR count). The summed E-state index contributed by atoms with van der Waals surface area (Å²) < 4.78 is 22.2. The second-order valence-electron chi connectivity index (χ2n) is 4.26. The number of hydrogen-bond acceptors (Lipinski definition) is 4. The smallest absolute Gasteiger partial charge is 0.253 e. The quantitative estimate of drug-likeness (QED) is 0.833. The lowest BCUT2D eigenvalue weighted by Crippen LogP contribution is -2.37. The Kier molecular flexibility index (Phi) is 4.72. The molecular weight excluding hydrogens is 252 g/mol. The Morgan fingerprint density at radius 1 is 1.33 bits per heavy atom. The summed E-state index contributed by atoms with van der Waals surface area (Å²) in [7, 11) is -1.37. The van der Waals surface area contributed by atoms with Crippen molar-refractivity contribution in [1.29, 1.82) is 0 Å². The zero-order valence-corrected chi connectivity index (χ0v) is 11.5. The molecule has 100 valence electrons. The van der Waals surface area contributed by atoms with Gasteiger partial charge in [0.2, 0.25) is 0 Å². The molecule has 0 spiro atoms. The maximum atomic E-state index is 12.0. The third kappa shape index (κ3) is 4.37. The van der Waals surface area contributed by atoms with E-state index in [-0.39, 0.29) is 11.7 Å². The molecule has 0 fully saturated rings. The Morgan fingerprint density at radius 2 is 1.94 bits per heavy atom. The summed E-state index contributed by atoms with van der Waals surface area (Å²) >= 11 is 0. The van der Waals surface area contributed by atoms with Crippen molar-refractivity contribution in [3.63, 3.8) is 0 Å². The minimum Gasteiger partial charge on any atom is -0.387 e. The number of rotatable bonds is 5. The monoisotopic (exact) mass is 270 g/mol. The van der Waals surface area contributed by atoms with Gasteiger partial charge in [-0.1, -0.05) is 12.1 Å². The normalized spacial score (nSPS) is 12.8. The van der Waals surface area contributed by atoms with Crippen molar-refractivity contribution < 1.29 is 13.2 Å². The molecule has 0 bridgehead atoms. The van der Waals surface area contributed by atoms with Crippen LogP contribution in [0.25, 0.3) is 0 Å². The highest BCUT2D eigenvalue weighted by molar-refractivity contribution is 7.90. The average Bonchev–Trinajstić information content (AvgIpc) is 2.26. The fourth-order valence-corrected chi connectivity index (χ4v) is 2.69. The molecule has 5 nitrogen and oxygen atoms in total. The van der Waals surface area contributed by atoms with Gasteiger partial charge in [0, 0.05) is 25.0 Å². The fraction of sp³-hybridized carbons (Fsp3) is 0.417. The van der Waals surface area contributed by atoms with Gasteiger partial charge in [-0.2, -0.15) is 0 Å². The molecule has 1 unspecified atom stereocenters. The van der Waals surface area contributed by atoms with Gasteiger partial charge < -0.3 is 10.6 Å². The van der Waals surface area contributed by atoms with E-state index in [1.807, 2.05) is 6.07 Å². The molecule has 1 amide bonds. The first-order valence-corrected chi connectivity index (χ1v) is 7.65. The van der Waals surface area contributed by atoms with E-state index in [0.29, 0.717) is 11.3 Å². The van der Waals surface area contributed by atoms with Crippen LogP contribution in [-0.2, 0) is 9.84 Å². The number of benzene rings is 1. The van der Waals surface area contributed by atoms with Crippen LogP contribution in [0.1, 0.15) is 17.3 Å². The van der Waals surface area contributed by atoms with E-state index in [0.717, 1.165) is 6.26 Å². The molecule has 18 heavy (non-hydrogen) atoms. The van der Waals surface area contributed by atoms with Crippen molar-refractivity contribution in [2.45, 2.75) is 13.0 Å². The molecule has 1 aromatic carbocycles. The molecule has 6 heteroatoms. The van der Waals surface area contributed by atoms with Crippen LogP contribution in [-0.4, -0.2) is 39.4 Å². The van der Waals surface area contributed by atoms with Crippen molar-refractivity contribution in [1.82, 2.24) is 5.32 Å². The van der Waals surface area contributed by atoms with Gasteiger partial charge in [0.15, 0.2) is 0 Å². The number of hydrogen-bond donors (Lipinski definition) is 2. The molecule has 0 radical (unpaired) electrons. The van der Waals surface area contributed by atoms with Crippen molar-refractivity contribution in [3.8, 4) is 0 Å². The number of nitrogens with one attached hydrogen (secondary N) is 2. The molecule has 2 N–H and O–H groups in total. The molecule has 0 saturated carbocycles. The Bertz CT molecular complexity index is 526. The predicted molar refractivity (Wildman–Crippen MR) is 72.6 cm³/mol. The van der Waals surface area contributed by atoms with Crippen LogP contribution >= 0.6 is 0 Å². The van der Waals surface area contributed by atoms with Gasteiger partial charge in [0.05, 0.1) is 11.3 Å². The van der Waals surface area contributed by atoms with Gasteiger partial charge in [-0.25, -0.2) is 8.42 Å². The highest BCUT2D eigenvalue weighted by Crippen LogP contribution is 2.13. The summed E-state index contributed by atoms with van der Waals surface area (Å²) in [5, 5.41) is 5.59. The average molecular weight is 270 g/mol. The van der Waals surface area contributed by atoms with E-state index in [4.69, 9.17) is 0 Å². The van der Waals surface area contributed by atoms with E-state index in [1.54, 1.807) is 32.2 Å². The summed E-state index contributed by atoms with van der Waals surface area (Å²) in [6, 6.07) is 6.64. The van der Waals surface area contributed by atoms with Gasteiger partial charge >= 0.3 is 0 Å². The largest absolute Gasteiger partial charge is 0.387 e. The maximum Gasteiger partial charge on any atom is 0.253 e. The summed E-state index contributed by atoms with van der Waals surface area (Å²) in [5.74, 6) is -0.350. The SMILES string of the molecule is CNc1ccccc1C(=O)NC(C)CS(C)(=O)=O. The van der Waals surface area contributed by atoms with Gasteiger partial charge in [-0.05, 0) is 19.1 Å².